The van der Waals surface area contributed by atoms with Gasteiger partial charge in [-0.05, 0) is 38.0 Å². The minimum absolute atomic E-state index is 0.141. The highest BCUT2D eigenvalue weighted by atomic mass is 16.5. The van der Waals surface area contributed by atoms with Gasteiger partial charge in [-0.25, -0.2) is 0 Å². The fourth-order valence-electron chi connectivity index (χ4n) is 1.81. The maximum absolute atomic E-state index is 9.15. The molecule has 0 spiro atoms. The van der Waals surface area contributed by atoms with E-state index in [9.17, 15) is 0 Å². The monoisotopic (exact) mass is 267 g/mol. The van der Waals surface area contributed by atoms with Gasteiger partial charge in [0, 0.05) is 12.6 Å². The Morgan fingerprint density at radius 2 is 1.79 bits per heavy atom. The summed E-state index contributed by atoms with van der Waals surface area (Å²) in [6.07, 6.45) is 0.909. The number of nitrogens with one attached hydrogen (secondary N) is 1. The quantitative estimate of drug-likeness (QED) is 0.721. The van der Waals surface area contributed by atoms with E-state index in [1.165, 1.54) is 0 Å². The first-order chi connectivity index (χ1) is 9.24. The predicted octanol–water partition coefficient (Wildman–Crippen LogP) is 2.34. The molecule has 1 atom stereocenters. The van der Waals surface area contributed by atoms with Crippen LogP contribution in [0, 0.1) is 0 Å². The van der Waals surface area contributed by atoms with E-state index in [0.29, 0.717) is 19.8 Å². The molecule has 1 aromatic carbocycles. The third-order valence-corrected chi connectivity index (χ3v) is 2.92. The van der Waals surface area contributed by atoms with Gasteiger partial charge in [0.05, 0.1) is 19.8 Å². The van der Waals surface area contributed by atoms with Gasteiger partial charge in [-0.3, -0.25) is 0 Å². The Bertz CT molecular complexity index is 364. The molecule has 0 fully saturated rings. The fraction of sp³-hybridized carbons (Fsp3) is 0.600. The first-order valence-corrected chi connectivity index (χ1v) is 6.97. The smallest absolute Gasteiger partial charge is 0.161 e. The van der Waals surface area contributed by atoms with Crippen molar-refractivity contribution in [3.05, 3.63) is 23.8 Å². The Morgan fingerprint density at radius 1 is 1.11 bits per heavy atom. The zero-order valence-electron chi connectivity index (χ0n) is 12.1. The molecule has 0 aromatic heterocycles. The van der Waals surface area contributed by atoms with E-state index in [4.69, 9.17) is 14.6 Å². The molecule has 0 aliphatic rings. The van der Waals surface area contributed by atoms with Gasteiger partial charge in [0.2, 0.25) is 0 Å². The van der Waals surface area contributed by atoms with Crippen molar-refractivity contribution >= 4 is 0 Å². The summed E-state index contributed by atoms with van der Waals surface area (Å²) < 4.78 is 11.1. The van der Waals surface area contributed by atoms with Crippen LogP contribution in [-0.4, -0.2) is 31.0 Å². The first-order valence-electron chi connectivity index (χ1n) is 6.97. The Labute approximate surface area is 115 Å². The topological polar surface area (TPSA) is 50.7 Å². The van der Waals surface area contributed by atoms with Crippen LogP contribution in [0.4, 0.5) is 0 Å². The molecular weight excluding hydrogens is 242 g/mol. The van der Waals surface area contributed by atoms with Gasteiger partial charge in [0.1, 0.15) is 0 Å². The molecule has 0 amide bonds. The van der Waals surface area contributed by atoms with Crippen LogP contribution in [0.5, 0.6) is 11.5 Å². The van der Waals surface area contributed by atoms with Crippen LogP contribution >= 0.6 is 0 Å². The summed E-state index contributed by atoms with van der Waals surface area (Å²) in [5.41, 5.74) is 1.12. The normalized spacial score (nSPS) is 12.2. The SMILES string of the molecule is CCOc1ccc(CN[C@H](CC)CO)cc1OCC. The van der Waals surface area contributed by atoms with Gasteiger partial charge < -0.3 is 19.9 Å². The van der Waals surface area contributed by atoms with Crippen LogP contribution in [0.25, 0.3) is 0 Å². The van der Waals surface area contributed by atoms with E-state index < -0.39 is 0 Å². The van der Waals surface area contributed by atoms with E-state index in [2.05, 4.69) is 12.2 Å². The summed E-state index contributed by atoms with van der Waals surface area (Å²) in [5, 5.41) is 12.5. The van der Waals surface area contributed by atoms with Crippen LogP contribution in [0.1, 0.15) is 32.8 Å². The number of aliphatic hydroxyl groups excluding tert-OH is 1. The number of aliphatic hydroxyl groups is 1. The molecule has 0 bridgehead atoms. The highest BCUT2D eigenvalue weighted by Gasteiger charge is 2.08. The molecule has 0 aliphatic carbocycles. The average molecular weight is 267 g/mol. The Balaban J connectivity index is 2.71. The molecular formula is C15H25NO3. The Kier molecular flexibility index (Phi) is 7.30. The summed E-state index contributed by atoms with van der Waals surface area (Å²) in [5.74, 6) is 1.56. The molecule has 2 N–H and O–H groups in total. The maximum Gasteiger partial charge on any atom is 0.161 e. The molecule has 108 valence electrons. The van der Waals surface area contributed by atoms with Crippen molar-refractivity contribution in [2.45, 2.75) is 39.8 Å². The van der Waals surface area contributed by atoms with Crippen molar-refractivity contribution in [1.82, 2.24) is 5.32 Å². The lowest BCUT2D eigenvalue weighted by atomic mass is 10.1. The Hall–Kier alpha value is -1.26. The molecule has 0 radical (unpaired) electrons. The minimum atomic E-state index is 0.141. The van der Waals surface area contributed by atoms with Gasteiger partial charge in [-0.1, -0.05) is 13.0 Å². The first kappa shape index (κ1) is 15.8. The van der Waals surface area contributed by atoms with E-state index in [0.717, 1.165) is 23.5 Å². The molecule has 0 saturated heterocycles. The number of benzene rings is 1. The van der Waals surface area contributed by atoms with Crippen LogP contribution in [0.15, 0.2) is 18.2 Å². The largest absolute Gasteiger partial charge is 0.490 e. The van der Waals surface area contributed by atoms with E-state index in [-0.39, 0.29) is 12.6 Å². The second-order valence-corrected chi connectivity index (χ2v) is 4.32. The molecule has 1 aromatic rings. The van der Waals surface area contributed by atoms with Gasteiger partial charge in [-0.2, -0.15) is 0 Å². The van der Waals surface area contributed by atoms with Crippen LogP contribution in [0.3, 0.4) is 0 Å². The van der Waals surface area contributed by atoms with Crippen molar-refractivity contribution in [3.63, 3.8) is 0 Å². The number of hydrogen-bond donors (Lipinski definition) is 2. The zero-order valence-corrected chi connectivity index (χ0v) is 12.1. The van der Waals surface area contributed by atoms with E-state index >= 15 is 0 Å². The van der Waals surface area contributed by atoms with E-state index in [1.54, 1.807) is 0 Å². The average Bonchev–Trinajstić information content (AvgIpc) is 2.43. The van der Waals surface area contributed by atoms with Crippen molar-refractivity contribution in [2.75, 3.05) is 19.8 Å². The second-order valence-electron chi connectivity index (χ2n) is 4.32. The van der Waals surface area contributed by atoms with Crippen LogP contribution in [-0.2, 0) is 6.54 Å². The summed E-state index contributed by atoms with van der Waals surface area (Å²) in [7, 11) is 0. The van der Waals surface area contributed by atoms with Gasteiger partial charge >= 0.3 is 0 Å². The fourth-order valence-corrected chi connectivity index (χ4v) is 1.81. The zero-order chi connectivity index (χ0) is 14.1. The highest BCUT2D eigenvalue weighted by Crippen LogP contribution is 2.28. The van der Waals surface area contributed by atoms with Crippen LogP contribution < -0.4 is 14.8 Å². The summed E-state index contributed by atoms with van der Waals surface area (Å²) in [6, 6.07) is 6.09. The molecule has 0 aliphatic heterocycles. The summed E-state index contributed by atoms with van der Waals surface area (Å²) in [4.78, 5) is 0. The minimum Gasteiger partial charge on any atom is -0.490 e. The summed E-state index contributed by atoms with van der Waals surface area (Å²) >= 11 is 0. The van der Waals surface area contributed by atoms with Crippen molar-refractivity contribution < 1.29 is 14.6 Å². The molecule has 0 heterocycles. The Morgan fingerprint density at radius 3 is 2.37 bits per heavy atom. The predicted molar refractivity (Wildman–Crippen MR) is 76.8 cm³/mol. The molecule has 4 heteroatoms. The number of hydrogen-bond acceptors (Lipinski definition) is 4. The van der Waals surface area contributed by atoms with E-state index in [1.807, 2.05) is 32.0 Å². The third-order valence-electron chi connectivity index (χ3n) is 2.92. The maximum atomic E-state index is 9.15. The van der Waals surface area contributed by atoms with Crippen molar-refractivity contribution in [1.29, 1.82) is 0 Å². The van der Waals surface area contributed by atoms with Gasteiger partial charge in [-0.15, -0.1) is 0 Å². The van der Waals surface area contributed by atoms with Crippen molar-refractivity contribution in [3.8, 4) is 11.5 Å². The van der Waals surface area contributed by atoms with Gasteiger partial charge in [0.15, 0.2) is 11.5 Å². The second kappa shape index (κ2) is 8.77. The molecule has 19 heavy (non-hydrogen) atoms. The van der Waals surface area contributed by atoms with Crippen LogP contribution in [0.2, 0.25) is 0 Å². The molecule has 0 saturated carbocycles. The number of rotatable bonds is 9. The molecule has 1 rings (SSSR count). The molecule has 0 unspecified atom stereocenters. The third kappa shape index (κ3) is 5.09. The molecule has 4 nitrogen and oxygen atoms in total. The lowest BCUT2D eigenvalue weighted by Gasteiger charge is -2.16. The highest BCUT2D eigenvalue weighted by molar-refractivity contribution is 5.43. The lowest BCUT2D eigenvalue weighted by molar-refractivity contribution is 0.238. The lowest BCUT2D eigenvalue weighted by Crippen LogP contribution is -2.31. The van der Waals surface area contributed by atoms with Gasteiger partial charge in [0.25, 0.3) is 0 Å². The van der Waals surface area contributed by atoms with Crippen molar-refractivity contribution in [2.24, 2.45) is 0 Å². The number of ether oxygens (including phenoxy) is 2. The summed E-state index contributed by atoms with van der Waals surface area (Å²) in [6.45, 7) is 8.08. The standard InChI is InChI=1S/C15H25NO3/c1-4-13(11-17)16-10-12-7-8-14(18-5-2)15(9-12)19-6-3/h7-9,13,16-17H,4-6,10-11H2,1-3H3/t13-/m1/s1.